The van der Waals surface area contributed by atoms with Crippen LogP contribution in [-0.2, 0) is 0 Å². The van der Waals surface area contributed by atoms with Crippen molar-refractivity contribution in [2.24, 2.45) is 0 Å². The molecule has 3 N–H and O–H groups in total. The van der Waals surface area contributed by atoms with E-state index in [1.54, 1.807) is 35.4 Å². The average molecular weight is 399 g/mol. The molecule has 0 unspecified atom stereocenters. The van der Waals surface area contributed by atoms with E-state index in [9.17, 15) is 4.79 Å². The third-order valence-electron chi connectivity index (χ3n) is 4.68. The van der Waals surface area contributed by atoms with Gasteiger partial charge >= 0.3 is 0 Å². The van der Waals surface area contributed by atoms with Crippen molar-refractivity contribution in [1.29, 1.82) is 0 Å². The summed E-state index contributed by atoms with van der Waals surface area (Å²) in [6.45, 7) is 10.3. The summed E-state index contributed by atoms with van der Waals surface area (Å²) in [5.74, 6) is 0.394. The van der Waals surface area contributed by atoms with Gasteiger partial charge in [-0.3, -0.25) is 4.79 Å². The Kier molecular flexibility index (Phi) is 6.60. The zero-order valence-corrected chi connectivity index (χ0v) is 17.0. The third-order valence-corrected chi connectivity index (χ3v) is 4.68. The quantitative estimate of drug-likeness (QED) is 0.427. The summed E-state index contributed by atoms with van der Waals surface area (Å²) in [7, 11) is 0. The van der Waals surface area contributed by atoms with Gasteiger partial charge in [0.25, 0.3) is 5.91 Å². The van der Waals surface area contributed by atoms with Crippen LogP contribution in [0.5, 0.6) is 0 Å². The molecule has 3 aromatic rings. The minimum absolute atomic E-state index is 0.0725. The lowest BCUT2D eigenvalue weighted by molar-refractivity contribution is 0.0791. The molecule has 0 fully saturated rings. The van der Waals surface area contributed by atoms with Crippen molar-refractivity contribution in [3.05, 3.63) is 91.2 Å². The lowest BCUT2D eigenvalue weighted by Crippen LogP contribution is -2.31. The van der Waals surface area contributed by atoms with Gasteiger partial charge in [0.1, 0.15) is 0 Å². The van der Waals surface area contributed by atoms with E-state index in [0.29, 0.717) is 24.6 Å². The number of carbonyl (C=O) groups excluding carboxylic acids is 1. The molecule has 0 atom stereocenters. The number of anilines is 3. The van der Waals surface area contributed by atoms with Gasteiger partial charge < -0.3 is 16.0 Å². The number of rotatable bonds is 8. The van der Waals surface area contributed by atoms with E-state index >= 15 is 0 Å². The second kappa shape index (κ2) is 9.52. The molecule has 0 aliphatic heterocycles. The van der Waals surface area contributed by atoms with Crippen LogP contribution in [0.2, 0.25) is 0 Å². The van der Waals surface area contributed by atoms with Crippen LogP contribution in [0.4, 0.5) is 17.3 Å². The van der Waals surface area contributed by atoms with Gasteiger partial charge in [0.05, 0.1) is 5.69 Å². The number of nitrogens with one attached hydrogen (secondary N) is 1. The van der Waals surface area contributed by atoms with Gasteiger partial charge in [0.15, 0.2) is 0 Å². The largest absolute Gasteiger partial charge is 0.398 e. The molecule has 1 heterocycles. The van der Waals surface area contributed by atoms with Crippen LogP contribution < -0.4 is 11.1 Å². The van der Waals surface area contributed by atoms with Crippen LogP contribution in [0.1, 0.15) is 15.9 Å². The highest BCUT2D eigenvalue weighted by molar-refractivity contribution is 5.94. The van der Waals surface area contributed by atoms with Crippen LogP contribution in [0.15, 0.2) is 80.0 Å². The Balaban J connectivity index is 1.77. The normalized spacial score (nSPS) is 10.3. The Labute approximate surface area is 176 Å². The number of nitrogen functional groups attached to an aromatic ring is 1. The minimum atomic E-state index is -0.0725. The molecule has 1 amide bonds. The summed E-state index contributed by atoms with van der Waals surface area (Å²) in [6, 6.07) is 14.8. The Morgan fingerprint density at radius 2 is 1.80 bits per heavy atom. The molecule has 152 valence electrons. The molecular formula is C24H25N5O. The summed E-state index contributed by atoms with van der Waals surface area (Å²) in [4.78, 5) is 23.2. The van der Waals surface area contributed by atoms with Gasteiger partial charge in [-0.2, -0.15) is 0 Å². The number of nitrogens with two attached hydrogens (primary N) is 1. The first-order valence-corrected chi connectivity index (χ1v) is 9.60. The van der Waals surface area contributed by atoms with Crippen molar-refractivity contribution in [1.82, 2.24) is 14.9 Å². The number of amides is 1. The van der Waals surface area contributed by atoms with Gasteiger partial charge in [0.2, 0.25) is 5.95 Å². The lowest BCUT2D eigenvalue weighted by Gasteiger charge is -2.19. The molecule has 3 rings (SSSR count). The molecule has 0 aliphatic rings. The SMILES string of the molecule is C=CCN(CC=C)C(=O)c1ccc(Nc2nccc(-c3cccc(N)c3C)n2)cc1. The third kappa shape index (κ3) is 4.72. The molecule has 0 radical (unpaired) electrons. The number of benzene rings is 2. The summed E-state index contributed by atoms with van der Waals surface area (Å²) in [5, 5.41) is 3.18. The molecule has 0 aliphatic carbocycles. The number of carbonyl (C=O) groups is 1. The topological polar surface area (TPSA) is 84.1 Å². The van der Waals surface area contributed by atoms with Crippen molar-refractivity contribution in [3.8, 4) is 11.3 Å². The van der Waals surface area contributed by atoms with Gasteiger partial charge in [0, 0.05) is 41.8 Å². The fourth-order valence-electron chi connectivity index (χ4n) is 3.06. The van der Waals surface area contributed by atoms with Crippen LogP contribution in [0.3, 0.4) is 0 Å². The predicted molar refractivity (Wildman–Crippen MR) is 123 cm³/mol. The summed E-state index contributed by atoms with van der Waals surface area (Å²) in [6.07, 6.45) is 5.10. The van der Waals surface area contributed by atoms with E-state index in [4.69, 9.17) is 5.73 Å². The van der Waals surface area contributed by atoms with E-state index in [1.165, 1.54) is 0 Å². The van der Waals surface area contributed by atoms with Gasteiger partial charge in [-0.25, -0.2) is 9.97 Å². The van der Waals surface area contributed by atoms with Crippen molar-refractivity contribution in [2.45, 2.75) is 6.92 Å². The van der Waals surface area contributed by atoms with Gasteiger partial charge in [-0.1, -0.05) is 24.3 Å². The summed E-state index contributed by atoms with van der Waals surface area (Å²) in [5.41, 5.74) is 10.8. The molecule has 0 bridgehead atoms. The van der Waals surface area contributed by atoms with Crippen molar-refractivity contribution >= 4 is 23.2 Å². The van der Waals surface area contributed by atoms with Crippen LogP contribution in [0, 0.1) is 6.92 Å². The smallest absolute Gasteiger partial charge is 0.254 e. The monoisotopic (exact) mass is 399 g/mol. The summed E-state index contributed by atoms with van der Waals surface area (Å²) >= 11 is 0. The van der Waals surface area contributed by atoms with Crippen molar-refractivity contribution in [2.75, 3.05) is 24.1 Å². The first-order chi connectivity index (χ1) is 14.5. The molecule has 0 saturated heterocycles. The number of aromatic nitrogens is 2. The molecule has 30 heavy (non-hydrogen) atoms. The zero-order chi connectivity index (χ0) is 21.5. The fraction of sp³-hybridized carbons (Fsp3) is 0.125. The van der Waals surface area contributed by atoms with E-state index in [0.717, 1.165) is 28.2 Å². The minimum Gasteiger partial charge on any atom is -0.398 e. The Morgan fingerprint density at radius 1 is 1.10 bits per heavy atom. The average Bonchev–Trinajstić information content (AvgIpc) is 2.76. The van der Waals surface area contributed by atoms with Crippen molar-refractivity contribution < 1.29 is 4.79 Å². The molecule has 6 heteroatoms. The van der Waals surface area contributed by atoms with E-state index in [-0.39, 0.29) is 5.91 Å². The highest BCUT2D eigenvalue weighted by Crippen LogP contribution is 2.26. The maximum absolute atomic E-state index is 12.6. The molecule has 1 aromatic heterocycles. The standard InChI is InChI=1S/C24H25N5O/c1-4-15-29(16-5-2)23(30)18-9-11-19(12-10-18)27-24-26-14-13-22(28-24)20-7-6-8-21(25)17(20)3/h4-14H,1-2,15-16,25H2,3H3,(H,26,27,28). The Hall–Kier alpha value is -3.93. The number of nitrogens with zero attached hydrogens (tertiary/aromatic N) is 3. The highest BCUT2D eigenvalue weighted by atomic mass is 16.2. The maximum atomic E-state index is 12.6. The summed E-state index contributed by atoms with van der Waals surface area (Å²) < 4.78 is 0. The van der Waals surface area contributed by atoms with E-state index in [1.807, 2.05) is 43.3 Å². The van der Waals surface area contributed by atoms with Gasteiger partial charge in [-0.05, 0) is 48.9 Å². The molecular weight excluding hydrogens is 374 g/mol. The second-order valence-electron chi connectivity index (χ2n) is 6.78. The second-order valence-corrected chi connectivity index (χ2v) is 6.78. The molecule has 0 saturated carbocycles. The van der Waals surface area contributed by atoms with E-state index in [2.05, 4.69) is 28.4 Å². The van der Waals surface area contributed by atoms with Crippen LogP contribution in [-0.4, -0.2) is 33.9 Å². The zero-order valence-electron chi connectivity index (χ0n) is 17.0. The maximum Gasteiger partial charge on any atom is 0.254 e. The Bertz CT molecular complexity index is 1050. The number of hydrogen-bond acceptors (Lipinski definition) is 5. The predicted octanol–water partition coefficient (Wildman–Crippen LogP) is 4.59. The van der Waals surface area contributed by atoms with Gasteiger partial charge in [-0.15, -0.1) is 13.2 Å². The van der Waals surface area contributed by atoms with E-state index < -0.39 is 0 Å². The fourth-order valence-corrected chi connectivity index (χ4v) is 3.06. The molecule has 0 spiro atoms. The van der Waals surface area contributed by atoms with Crippen LogP contribution in [0.25, 0.3) is 11.3 Å². The Morgan fingerprint density at radius 3 is 2.47 bits per heavy atom. The lowest BCUT2D eigenvalue weighted by atomic mass is 10.0. The molecule has 6 nitrogen and oxygen atoms in total. The first-order valence-electron chi connectivity index (χ1n) is 9.60. The van der Waals surface area contributed by atoms with Crippen molar-refractivity contribution in [3.63, 3.8) is 0 Å². The first kappa shape index (κ1) is 20.8. The molecule has 2 aromatic carbocycles. The van der Waals surface area contributed by atoms with Crippen LogP contribution >= 0.6 is 0 Å². The highest BCUT2D eigenvalue weighted by Gasteiger charge is 2.13. The number of hydrogen-bond donors (Lipinski definition) is 2.